The van der Waals surface area contributed by atoms with Gasteiger partial charge < -0.3 is 14.8 Å². The molecule has 2 aromatic heterocycles. The Hall–Kier alpha value is -4.27. The van der Waals surface area contributed by atoms with Crippen molar-refractivity contribution in [3.05, 3.63) is 71.5 Å². The van der Waals surface area contributed by atoms with Gasteiger partial charge in [0.15, 0.2) is 11.5 Å². The molecule has 9 heteroatoms. The molecule has 34 heavy (non-hydrogen) atoms. The first-order valence-corrected chi connectivity index (χ1v) is 11.0. The number of fused-ring (bicyclic) bond motifs is 1. The zero-order chi connectivity index (χ0) is 23.7. The summed E-state index contributed by atoms with van der Waals surface area (Å²) < 4.78 is 13.0. The van der Waals surface area contributed by atoms with E-state index in [1.54, 1.807) is 18.0 Å². The Morgan fingerprint density at radius 3 is 2.74 bits per heavy atom. The van der Waals surface area contributed by atoms with Crippen LogP contribution in [0.5, 0.6) is 11.5 Å². The Morgan fingerprint density at radius 2 is 1.97 bits per heavy atom. The van der Waals surface area contributed by atoms with E-state index in [4.69, 9.17) is 14.6 Å². The Morgan fingerprint density at radius 1 is 1.15 bits per heavy atom. The standard InChI is InChI=1S/C25H24N6O3/c1-4-34-23-17(11-8-12-20(23)33-3)18-13-21(32)28-24-22(18)15(2)30-31(24)25-27-19(14-26-29-25)16-9-6-5-7-10-16/h5-12,14,18H,4,13H2,1-3H3,(H,28,32)/t18-/m1/s1. The number of aryl methyl sites for hydroxylation is 1. The fraction of sp³-hybridized carbons (Fsp3) is 0.240. The smallest absolute Gasteiger partial charge is 0.272 e. The fourth-order valence-corrected chi connectivity index (χ4v) is 4.36. The molecule has 1 atom stereocenters. The van der Waals surface area contributed by atoms with E-state index in [1.165, 1.54) is 0 Å². The molecule has 4 aromatic rings. The monoisotopic (exact) mass is 456 g/mol. The zero-order valence-corrected chi connectivity index (χ0v) is 19.1. The maximum atomic E-state index is 12.8. The largest absolute Gasteiger partial charge is 0.493 e. The third kappa shape index (κ3) is 3.75. The molecule has 3 heterocycles. The molecule has 0 bridgehead atoms. The Balaban J connectivity index is 1.64. The second-order valence-electron chi connectivity index (χ2n) is 7.88. The molecule has 0 unspecified atom stereocenters. The highest BCUT2D eigenvalue weighted by atomic mass is 16.5. The Bertz CT molecular complexity index is 1350. The minimum absolute atomic E-state index is 0.129. The number of methoxy groups -OCH3 is 1. The van der Waals surface area contributed by atoms with E-state index in [0.717, 1.165) is 22.4 Å². The average molecular weight is 457 g/mol. The molecule has 0 saturated heterocycles. The highest BCUT2D eigenvalue weighted by molar-refractivity contribution is 5.95. The SMILES string of the molecule is CCOc1c(OC)cccc1[C@H]1CC(=O)Nc2c1c(C)nn2-c1nncc(-c2ccccc2)n1. The summed E-state index contributed by atoms with van der Waals surface area (Å²) in [6.07, 6.45) is 1.86. The van der Waals surface area contributed by atoms with Crippen LogP contribution in [0, 0.1) is 6.92 Å². The fourth-order valence-electron chi connectivity index (χ4n) is 4.36. The number of nitrogens with one attached hydrogen (secondary N) is 1. The van der Waals surface area contributed by atoms with Gasteiger partial charge in [0.1, 0.15) is 5.82 Å². The molecule has 0 fully saturated rings. The van der Waals surface area contributed by atoms with Gasteiger partial charge in [-0.1, -0.05) is 42.5 Å². The lowest BCUT2D eigenvalue weighted by Crippen LogP contribution is -2.25. The number of aromatic nitrogens is 5. The van der Waals surface area contributed by atoms with Crippen molar-refractivity contribution in [3.63, 3.8) is 0 Å². The van der Waals surface area contributed by atoms with Crippen molar-refractivity contribution >= 4 is 11.7 Å². The number of hydrogen-bond donors (Lipinski definition) is 1. The van der Waals surface area contributed by atoms with Gasteiger partial charge in [-0.2, -0.15) is 14.9 Å². The molecule has 0 radical (unpaired) electrons. The normalized spacial score (nSPS) is 14.9. The highest BCUT2D eigenvalue weighted by Crippen LogP contribution is 2.45. The molecule has 0 saturated carbocycles. The summed E-state index contributed by atoms with van der Waals surface area (Å²) in [4.78, 5) is 17.5. The van der Waals surface area contributed by atoms with E-state index in [0.29, 0.717) is 29.6 Å². The van der Waals surface area contributed by atoms with Gasteiger partial charge in [0, 0.05) is 29.0 Å². The molecule has 1 N–H and O–H groups in total. The van der Waals surface area contributed by atoms with Crippen molar-refractivity contribution in [1.29, 1.82) is 0 Å². The minimum Gasteiger partial charge on any atom is -0.493 e. The number of ether oxygens (including phenoxy) is 2. The number of amides is 1. The van der Waals surface area contributed by atoms with Crippen LogP contribution in [0.1, 0.15) is 36.1 Å². The van der Waals surface area contributed by atoms with E-state index in [2.05, 4.69) is 20.5 Å². The number of anilines is 1. The number of benzene rings is 2. The first-order chi connectivity index (χ1) is 16.6. The van der Waals surface area contributed by atoms with Gasteiger partial charge >= 0.3 is 0 Å². The molecule has 1 aliphatic rings. The van der Waals surface area contributed by atoms with Crippen molar-refractivity contribution in [2.24, 2.45) is 0 Å². The maximum Gasteiger partial charge on any atom is 0.272 e. The van der Waals surface area contributed by atoms with Gasteiger partial charge in [-0.3, -0.25) is 4.79 Å². The van der Waals surface area contributed by atoms with E-state index in [9.17, 15) is 4.79 Å². The Kier molecular flexibility index (Phi) is 5.67. The van der Waals surface area contributed by atoms with Crippen LogP contribution in [0.15, 0.2) is 54.7 Å². The van der Waals surface area contributed by atoms with Crippen LogP contribution in [-0.2, 0) is 4.79 Å². The van der Waals surface area contributed by atoms with Crippen LogP contribution in [0.3, 0.4) is 0 Å². The van der Waals surface area contributed by atoms with Crippen LogP contribution in [0.2, 0.25) is 0 Å². The molecule has 5 rings (SSSR count). The summed E-state index contributed by atoms with van der Waals surface area (Å²) in [5, 5.41) is 16.0. The molecule has 172 valence electrons. The van der Waals surface area contributed by atoms with Crippen molar-refractivity contribution in [2.45, 2.75) is 26.2 Å². The lowest BCUT2D eigenvalue weighted by Gasteiger charge is -2.26. The number of hydrogen-bond acceptors (Lipinski definition) is 7. The number of para-hydroxylation sites is 1. The molecular weight excluding hydrogens is 432 g/mol. The molecule has 1 aliphatic heterocycles. The van der Waals surface area contributed by atoms with E-state index in [-0.39, 0.29) is 24.2 Å². The van der Waals surface area contributed by atoms with Gasteiger partial charge in [-0.15, -0.1) is 5.10 Å². The molecular formula is C25H24N6O3. The quantitative estimate of drug-likeness (QED) is 0.469. The van der Waals surface area contributed by atoms with Gasteiger partial charge in [-0.05, 0) is 19.9 Å². The predicted molar refractivity (Wildman–Crippen MR) is 126 cm³/mol. The maximum absolute atomic E-state index is 12.8. The minimum atomic E-state index is -0.264. The van der Waals surface area contributed by atoms with Gasteiger partial charge in [0.25, 0.3) is 5.95 Å². The second kappa shape index (κ2) is 8.93. The van der Waals surface area contributed by atoms with Crippen molar-refractivity contribution in [3.8, 4) is 28.7 Å². The van der Waals surface area contributed by atoms with Crippen molar-refractivity contribution in [1.82, 2.24) is 25.0 Å². The Labute approximate surface area is 196 Å². The molecule has 0 aliphatic carbocycles. The highest BCUT2D eigenvalue weighted by Gasteiger charge is 2.35. The third-order valence-corrected chi connectivity index (χ3v) is 5.80. The summed E-state index contributed by atoms with van der Waals surface area (Å²) in [6.45, 7) is 4.31. The average Bonchev–Trinajstić information content (AvgIpc) is 3.20. The van der Waals surface area contributed by atoms with E-state index >= 15 is 0 Å². The predicted octanol–water partition coefficient (Wildman–Crippen LogP) is 3.91. The summed E-state index contributed by atoms with van der Waals surface area (Å²) in [6, 6.07) is 15.4. The molecule has 0 spiro atoms. The van der Waals surface area contributed by atoms with Crippen molar-refractivity contribution in [2.75, 3.05) is 19.0 Å². The van der Waals surface area contributed by atoms with Crippen LogP contribution in [0.4, 0.5) is 5.82 Å². The van der Waals surface area contributed by atoms with Gasteiger partial charge in [0.05, 0.1) is 31.3 Å². The summed E-state index contributed by atoms with van der Waals surface area (Å²) in [7, 11) is 1.61. The topological polar surface area (TPSA) is 104 Å². The first-order valence-electron chi connectivity index (χ1n) is 11.0. The number of carbonyl (C=O) groups is 1. The number of carbonyl (C=O) groups excluding carboxylic acids is 1. The van der Waals surface area contributed by atoms with Gasteiger partial charge in [-0.25, -0.2) is 4.98 Å². The van der Waals surface area contributed by atoms with Crippen LogP contribution in [0.25, 0.3) is 17.2 Å². The first kappa shape index (κ1) is 21.6. The second-order valence-corrected chi connectivity index (χ2v) is 7.88. The van der Waals surface area contributed by atoms with Crippen molar-refractivity contribution < 1.29 is 14.3 Å². The zero-order valence-electron chi connectivity index (χ0n) is 19.1. The van der Waals surface area contributed by atoms with Crippen LogP contribution < -0.4 is 14.8 Å². The van der Waals surface area contributed by atoms with Crippen LogP contribution >= 0.6 is 0 Å². The lowest BCUT2D eigenvalue weighted by molar-refractivity contribution is -0.116. The lowest BCUT2D eigenvalue weighted by atomic mass is 9.85. The summed E-state index contributed by atoms with van der Waals surface area (Å²) in [5.41, 5.74) is 4.10. The van der Waals surface area contributed by atoms with Gasteiger partial charge in [0.2, 0.25) is 5.91 Å². The third-order valence-electron chi connectivity index (χ3n) is 5.80. The number of rotatable bonds is 6. The summed E-state index contributed by atoms with van der Waals surface area (Å²) >= 11 is 0. The molecule has 9 nitrogen and oxygen atoms in total. The molecule has 1 amide bonds. The van der Waals surface area contributed by atoms with Crippen LogP contribution in [-0.4, -0.2) is 44.6 Å². The van der Waals surface area contributed by atoms with E-state index < -0.39 is 0 Å². The number of nitrogens with zero attached hydrogens (tertiary/aromatic N) is 5. The molecule has 2 aromatic carbocycles. The van der Waals surface area contributed by atoms with E-state index in [1.807, 2.05) is 62.4 Å². The summed E-state index contributed by atoms with van der Waals surface area (Å²) in [5.74, 6) is 1.68.